The molecular weight excluding hydrogens is 299 g/mol. The Bertz CT molecular complexity index is 665. The number of piperidine rings is 1. The number of aromatic nitrogens is 1. The Balaban J connectivity index is 1.83. The fourth-order valence-electron chi connectivity index (χ4n) is 2.70. The standard InChI is InChI=1S/C14H14Cl2N2O2/c15-9-1-2-10(11(16)6-9)12-5-8(3-4-17-12)13-7-14(19)18-20-13/h1-2,6-8,12,17H,3-5H2,(H,18,19)/t8-,12-/m1/s1. The summed E-state index contributed by atoms with van der Waals surface area (Å²) >= 11 is 12.2. The van der Waals surface area contributed by atoms with Crippen LogP contribution in [0, 0.1) is 0 Å². The Kier molecular flexibility index (Phi) is 3.87. The maximum Gasteiger partial charge on any atom is 0.280 e. The van der Waals surface area contributed by atoms with Crippen molar-refractivity contribution in [1.82, 2.24) is 10.5 Å². The largest absolute Gasteiger partial charge is 0.383 e. The lowest BCUT2D eigenvalue weighted by atomic mass is 9.87. The molecule has 0 spiro atoms. The Morgan fingerprint density at radius 1 is 1.25 bits per heavy atom. The summed E-state index contributed by atoms with van der Waals surface area (Å²) in [6.45, 7) is 0.850. The Morgan fingerprint density at radius 3 is 2.80 bits per heavy atom. The van der Waals surface area contributed by atoms with Gasteiger partial charge in [0, 0.05) is 28.1 Å². The third kappa shape index (κ3) is 2.77. The van der Waals surface area contributed by atoms with Crippen LogP contribution in [0.25, 0.3) is 0 Å². The Morgan fingerprint density at radius 2 is 2.10 bits per heavy atom. The highest BCUT2D eigenvalue weighted by molar-refractivity contribution is 6.35. The van der Waals surface area contributed by atoms with Crippen molar-refractivity contribution in [2.45, 2.75) is 24.8 Å². The fourth-order valence-corrected chi connectivity index (χ4v) is 3.24. The first kappa shape index (κ1) is 13.7. The molecule has 0 bridgehead atoms. The van der Waals surface area contributed by atoms with Crippen LogP contribution in [0.5, 0.6) is 0 Å². The maximum atomic E-state index is 11.2. The number of rotatable bonds is 2. The average molecular weight is 313 g/mol. The van der Waals surface area contributed by atoms with Crippen molar-refractivity contribution in [3.8, 4) is 0 Å². The van der Waals surface area contributed by atoms with Crippen LogP contribution in [0.3, 0.4) is 0 Å². The van der Waals surface area contributed by atoms with E-state index in [1.54, 1.807) is 6.07 Å². The van der Waals surface area contributed by atoms with Gasteiger partial charge in [0.25, 0.3) is 5.56 Å². The summed E-state index contributed by atoms with van der Waals surface area (Å²) in [5, 5.41) is 7.08. The highest BCUT2D eigenvalue weighted by Crippen LogP contribution is 2.36. The van der Waals surface area contributed by atoms with Crippen molar-refractivity contribution in [2.24, 2.45) is 0 Å². The molecule has 6 heteroatoms. The molecule has 106 valence electrons. The summed E-state index contributed by atoms with van der Waals surface area (Å²) < 4.78 is 5.22. The van der Waals surface area contributed by atoms with Gasteiger partial charge in [-0.15, -0.1) is 0 Å². The molecule has 1 aromatic heterocycles. The second kappa shape index (κ2) is 5.64. The van der Waals surface area contributed by atoms with Crippen molar-refractivity contribution in [1.29, 1.82) is 0 Å². The van der Waals surface area contributed by atoms with E-state index in [9.17, 15) is 4.79 Å². The Hall–Kier alpha value is -1.23. The SMILES string of the molecule is O=c1cc([C@@H]2CCN[C@@H](c3ccc(Cl)cc3Cl)C2)o[nH]1. The van der Waals surface area contributed by atoms with E-state index in [-0.39, 0.29) is 17.5 Å². The lowest BCUT2D eigenvalue weighted by molar-refractivity contribution is 0.295. The summed E-state index contributed by atoms with van der Waals surface area (Å²) in [4.78, 5) is 11.2. The predicted octanol–water partition coefficient (Wildman–Crippen LogP) is 3.48. The molecule has 1 aliphatic heterocycles. The zero-order chi connectivity index (χ0) is 14.1. The number of halogens is 2. The molecule has 2 heterocycles. The van der Waals surface area contributed by atoms with Crippen LogP contribution in [0.2, 0.25) is 10.0 Å². The molecule has 4 nitrogen and oxygen atoms in total. The second-order valence-corrected chi connectivity index (χ2v) is 5.85. The average Bonchev–Trinajstić information content (AvgIpc) is 2.86. The summed E-state index contributed by atoms with van der Waals surface area (Å²) in [7, 11) is 0. The van der Waals surface area contributed by atoms with Crippen molar-refractivity contribution in [3.05, 3.63) is 56.0 Å². The van der Waals surface area contributed by atoms with Crippen LogP contribution in [-0.4, -0.2) is 11.7 Å². The quantitative estimate of drug-likeness (QED) is 0.892. The third-order valence-electron chi connectivity index (χ3n) is 3.69. The summed E-state index contributed by atoms with van der Waals surface area (Å²) in [6.07, 6.45) is 1.77. The predicted molar refractivity (Wildman–Crippen MR) is 78.5 cm³/mol. The van der Waals surface area contributed by atoms with Gasteiger partial charge in [0.15, 0.2) is 0 Å². The van der Waals surface area contributed by atoms with E-state index in [4.69, 9.17) is 27.7 Å². The number of aromatic amines is 1. The number of hydrogen-bond acceptors (Lipinski definition) is 3. The van der Waals surface area contributed by atoms with Crippen LogP contribution in [0.4, 0.5) is 0 Å². The summed E-state index contributed by atoms with van der Waals surface area (Å²) in [5.41, 5.74) is 0.832. The first-order valence-corrected chi connectivity index (χ1v) is 7.26. The molecule has 3 rings (SSSR count). The summed E-state index contributed by atoms with van der Waals surface area (Å²) in [6, 6.07) is 7.19. The molecule has 1 aromatic carbocycles. The van der Waals surface area contributed by atoms with Gasteiger partial charge >= 0.3 is 0 Å². The van der Waals surface area contributed by atoms with Gasteiger partial charge in [0.05, 0.1) is 0 Å². The molecule has 0 radical (unpaired) electrons. The normalized spacial score (nSPS) is 22.9. The second-order valence-electron chi connectivity index (χ2n) is 5.01. The molecular formula is C14H14Cl2N2O2. The highest BCUT2D eigenvalue weighted by Gasteiger charge is 2.27. The maximum absolute atomic E-state index is 11.2. The lowest BCUT2D eigenvalue weighted by Gasteiger charge is -2.29. The molecule has 0 aliphatic carbocycles. The van der Waals surface area contributed by atoms with E-state index < -0.39 is 0 Å². The van der Waals surface area contributed by atoms with Gasteiger partial charge in [-0.2, -0.15) is 5.16 Å². The van der Waals surface area contributed by atoms with Gasteiger partial charge < -0.3 is 9.84 Å². The van der Waals surface area contributed by atoms with E-state index in [2.05, 4.69) is 10.5 Å². The minimum atomic E-state index is -0.195. The van der Waals surface area contributed by atoms with Gasteiger partial charge in [0.2, 0.25) is 0 Å². The van der Waals surface area contributed by atoms with Crippen LogP contribution >= 0.6 is 23.2 Å². The number of hydrogen-bond donors (Lipinski definition) is 2. The number of benzene rings is 1. The first-order chi connectivity index (χ1) is 9.63. The van der Waals surface area contributed by atoms with Crippen molar-refractivity contribution < 1.29 is 4.52 Å². The van der Waals surface area contributed by atoms with Crippen molar-refractivity contribution in [3.63, 3.8) is 0 Å². The first-order valence-electron chi connectivity index (χ1n) is 6.50. The molecule has 2 N–H and O–H groups in total. The van der Waals surface area contributed by atoms with Crippen LogP contribution < -0.4 is 10.9 Å². The van der Waals surface area contributed by atoms with Gasteiger partial charge in [-0.25, -0.2) is 0 Å². The van der Waals surface area contributed by atoms with E-state index in [1.165, 1.54) is 6.07 Å². The molecule has 0 unspecified atom stereocenters. The van der Waals surface area contributed by atoms with Gasteiger partial charge in [-0.3, -0.25) is 4.79 Å². The molecule has 1 fully saturated rings. The van der Waals surface area contributed by atoms with Crippen LogP contribution in [0.15, 0.2) is 33.6 Å². The highest BCUT2D eigenvalue weighted by atomic mass is 35.5. The third-order valence-corrected chi connectivity index (χ3v) is 4.25. The van der Waals surface area contributed by atoms with Gasteiger partial charge in [-0.1, -0.05) is 29.3 Å². The molecule has 1 aliphatic rings. The van der Waals surface area contributed by atoms with E-state index in [0.29, 0.717) is 15.8 Å². The molecule has 0 saturated carbocycles. The van der Waals surface area contributed by atoms with Crippen LogP contribution in [-0.2, 0) is 0 Å². The molecule has 1 saturated heterocycles. The zero-order valence-electron chi connectivity index (χ0n) is 10.7. The van der Waals surface area contributed by atoms with Gasteiger partial charge in [0.1, 0.15) is 5.76 Å². The van der Waals surface area contributed by atoms with E-state index in [1.807, 2.05) is 12.1 Å². The smallest absolute Gasteiger partial charge is 0.280 e. The minimum absolute atomic E-state index is 0.138. The van der Waals surface area contributed by atoms with Crippen molar-refractivity contribution >= 4 is 23.2 Å². The van der Waals surface area contributed by atoms with E-state index in [0.717, 1.165) is 24.9 Å². The Labute approximate surface area is 126 Å². The number of nitrogens with one attached hydrogen (secondary N) is 2. The topological polar surface area (TPSA) is 58.0 Å². The monoisotopic (exact) mass is 312 g/mol. The van der Waals surface area contributed by atoms with Crippen LogP contribution in [0.1, 0.15) is 36.1 Å². The molecule has 0 amide bonds. The molecule has 2 aromatic rings. The number of H-pyrrole nitrogens is 1. The minimum Gasteiger partial charge on any atom is -0.383 e. The zero-order valence-corrected chi connectivity index (χ0v) is 12.2. The van der Waals surface area contributed by atoms with Gasteiger partial charge in [-0.05, 0) is 37.1 Å². The summed E-state index contributed by atoms with van der Waals surface area (Å²) in [5.74, 6) is 0.929. The lowest BCUT2D eigenvalue weighted by Crippen LogP contribution is -2.31. The molecule has 2 atom stereocenters. The molecule has 20 heavy (non-hydrogen) atoms. The fraction of sp³-hybridized carbons (Fsp3) is 0.357. The van der Waals surface area contributed by atoms with Crippen molar-refractivity contribution in [2.75, 3.05) is 6.54 Å². The van der Waals surface area contributed by atoms with E-state index >= 15 is 0 Å².